The first-order valence-electron chi connectivity index (χ1n) is 14.1. The van der Waals surface area contributed by atoms with Gasteiger partial charge in [-0.2, -0.15) is 0 Å². The molecule has 37 heavy (non-hydrogen) atoms. The zero-order valence-corrected chi connectivity index (χ0v) is 22.0. The van der Waals surface area contributed by atoms with E-state index < -0.39 is 11.8 Å². The van der Waals surface area contributed by atoms with Crippen LogP contribution in [0.15, 0.2) is 24.3 Å². The third-order valence-electron chi connectivity index (χ3n) is 11.4. The maximum Gasteiger partial charge on any atom is 0.252 e. The number of aromatic nitrogens is 2. The monoisotopic (exact) mass is 506 g/mol. The maximum absolute atomic E-state index is 14.0. The van der Waals surface area contributed by atoms with E-state index in [-0.39, 0.29) is 17.3 Å². The van der Waals surface area contributed by atoms with Crippen LogP contribution in [0, 0.1) is 37.0 Å². The Morgan fingerprint density at radius 2 is 1.86 bits per heavy atom. The average Bonchev–Trinajstić information content (AvgIpc) is 3.20. The Morgan fingerprint density at radius 1 is 1.08 bits per heavy atom. The van der Waals surface area contributed by atoms with Gasteiger partial charge >= 0.3 is 0 Å². The summed E-state index contributed by atoms with van der Waals surface area (Å²) in [5.74, 6) is 0.0504. The molecule has 0 radical (unpaired) electrons. The Morgan fingerprint density at radius 3 is 2.59 bits per heavy atom. The minimum atomic E-state index is -2.46. The molecule has 7 heteroatoms. The van der Waals surface area contributed by atoms with Gasteiger partial charge in [0.1, 0.15) is 5.75 Å². The first kappa shape index (κ1) is 22.7. The lowest BCUT2D eigenvalue weighted by Crippen LogP contribution is -2.69. The van der Waals surface area contributed by atoms with Crippen molar-refractivity contribution in [3.05, 3.63) is 46.8 Å². The van der Waals surface area contributed by atoms with Crippen LogP contribution in [-0.4, -0.2) is 59.6 Å². The number of nitrogens with zero attached hydrogens (tertiary/aromatic N) is 4. The summed E-state index contributed by atoms with van der Waals surface area (Å²) >= 11 is 0. The fourth-order valence-corrected chi connectivity index (χ4v) is 10.2. The molecule has 6 unspecified atom stereocenters. The third-order valence-corrected chi connectivity index (χ3v) is 11.4. The molecule has 2 saturated heterocycles. The van der Waals surface area contributed by atoms with Crippen molar-refractivity contribution in [1.29, 1.82) is 0 Å². The summed E-state index contributed by atoms with van der Waals surface area (Å²) in [6, 6.07) is 9.54. The molecule has 4 aliphatic carbocycles. The van der Waals surface area contributed by atoms with Gasteiger partial charge in [0, 0.05) is 54.3 Å². The summed E-state index contributed by atoms with van der Waals surface area (Å²) in [6.07, 6.45) is 5.59. The summed E-state index contributed by atoms with van der Waals surface area (Å²) in [5, 5.41) is 0. The maximum atomic E-state index is 14.0. The second-order valence-corrected chi connectivity index (χ2v) is 13.0. The lowest BCUT2D eigenvalue weighted by atomic mass is 9.43. The molecule has 5 fully saturated rings. The highest BCUT2D eigenvalue weighted by Crippen LogP contribution is 2.75. The van der Waals surface area contributed by atoms with Crippen LogP contribution in [0.5, 0.6) is 5.75 Å². The highest BCUT2D eigenvalue weighted by atomic mass is 19.3. The zero-order chi connectivity index (χ0) is 25.3. The van der Waals surface area contributed by atoms with E-state index in [1.807, 2.05) is 0 Å². The Hall–Kier alpha value is -2.28. The average molecular weight is 507 g/mol. The molecule has 7 atom stereocenters. The Bertz CT molecular complexity index is 1280. The Kier molecular flexibility index (Phi) is 4.42. The molecule has 196 valence electrons. The van der Waals surface area contributed by atoms with E-state index in [0.29, 0.717) is 30.5 Å². The van der Waals surface area contributed by atoms with E-state index >= 15 is 0 Å². The lowest BCUT2D eigenvalue weighted by molar-refractivity contribution is -0.0947. The van der Waals surface area contributed by atoms with Crippen molar-refractivity contribution >= 4 is 5.95 Å². The second kappa shape index (κ2) is 7.22. The fourth-order valence-electron chi connectivity index (χ4n) is 10.2. The number of likely N-dealkylation sites (tertiary alicyclic amines) is 1. The van der Waals surface area contributed by atoms with E-state index in [1.165, 1.54) is 17.5 Å². The second-order valence-electron chi connectivity index (χ2n) is 13.0. The summed E-state index contributed by atoms with van der Waals surface area (Å²) in [6.45, 7) is 6.61. The number of rotatable bonds is 4. The highest BCUT2D eigenvalue weighted by Gasteiger charge is 2.76. The van der Waals surface area contributed by atoms with Gasteiger partial charge in [-0.25, -0.2) is 18.7 Å². The molecule has 5 nitrogen and oxygen atoms in total. The molecule has 6 aliphatic rings. The van der Waals surface area contributed by atoms with Crippen LogP contribution in [-0.2, 0) is 11.8 Å². The standard InChI is InChI=1S/C30H36F2N4O/c1-17-10-18(2)34-27(33-17)36-15-20-13-28-7-6-24(36)26(20)29(28)8-9-35(16-21-14-30(21,31)32)25(28)11-19-4-5-22(37-3)12-23(19)29/h4-5,10,12,20-21,24-26H,6-9,11,13-16H2,1-3H3/t20-,21?,24?,25?,26?,28?,29?/m1/s1. The number of benzene rings is 1. The molecule has 2 aromatic rings. The first-order valence-corrected chi connectivity index (χ1v) is 14.1. The van der Waals surface area contributed by atoms with Crippen molar-refractivity contribution in [2.75, 3.05) is 31.6 Å². The molecular weight excluding hydrogens is 470 g/mol. The van der Waals surface area contributed by atoms with Gasteiger partial charge in [-0.15, -0.1) is 0 Å². The van der Waals surface area contributed by atoms with Crippen LogP contribution in [0.2, 0.25) is 0 Å². The minimum absolute atomic E-state index is 0.0698. The first-order chi connectivity index (χ1) is 17.8. The smallest absolute Gasteiger partial charge is 0.252 e. The number of halogens is 2. The Labute approximate surface area is 217 Å². The van der Waals surface area contributed by atoms with Crippen molar-refractivity contribution in [1.82, 2.24) is 14.9 Å². The summed E-state index contributed by atoms with van der Waals surface area (Å²) in [5.41, 5.74) is 5.21. The fraction of sp³-hybridized carbons (Fsp3) is 0.667. The molecule has 1 aromatic heterocycles. The lowest BCUT2D eigenvalue weighted by Gasteiger charge is -2.66. The van der Waals surface area contributed by atoms with Crippen LogP contribution in [0.4, 0.5) is 14.7 Å². The third kappa shape index (κ3) is 2.82. The number of anilines is 1. The van der Waals surface area contributed by atoms with E-state index in [1.54, 1.807) is 7.11 Å². The van der Waals surface area contributed by atoms with Crippen LogP contribution in [0.1, 0.15) is 54.6 Å². The number of alkyl halides is 2. The molecule has 2 aliphatic heterocycles. The predicted molar refractivity (Wildman–Crippen MR) is 137 cm³/mol. The number of fused-ring (bicyclic) bond motifs is 1. The van der Waals surface area contributed by atoms with Crippen LogP contribution in [0.25, 0.3) is 0 Å². The SMILES string of the molecule is COc1ccc2c(c1)C13CCN(CC4CC4(F)F)C(C2)C12CCC1C3[C@@H](CN1c1nc(C)cc(C)n1)C2. The summed E-state index contributed by atoms with van der Waals surface area (Å²) in [4.78, 5) is 14.8. The predicted octanol–water partition coefficient (Wildman–Crippen LogP) is 4.93. The Balaban J connectivity index is 1.25. The zero-order valence-electron chi connectivity index (χ0n) is 22.0. The van der Waals surface area contributed by atoms with Gasteiger partial charge in [0.2, 0.25) is 5.95 Å². The van der Waals surface area contributed by atoms with Crippen molar-refractivity contribution in [3.63, 3.8) is 0 Å². The highest BCUT2D eigenvalue weighted by molar-refractivity contribution is 5.53. The van der Waals surface area contributed by atoms with Gasteiger partial charge in [0.15, 0.2) is 0 Å². The number of methoxy groups -OCH3 is 1. The largest absolute Gasteiger partial charge is 0.497 e. The van der Waals surface area contributed by atoms with E-state index in [4.69, 9.17) is 14.7 Å². The molecule has 8 rings (SSSR count). The molecule has 1 aromatic carbocycles. The number of ether oxygens (including phenoxy) is 1. The van der Waals surface area contributed by atoms with Gasteiger partial charge in [-0.1, -0.05) is 6.07 Å². The normalized spacial score (nSPS) is 40.4. The van der Waals surface area contributed by atoms with Crippen LogP contribution >= 0.6 is 0 Å². The summed E-state index contributed by atoms with van der Waals surface area (Å²) in [7, 11) is 1.76. The minimum Gasteiger partial charge on any atom is -0.497 e. The quantitative estimate of drug-likeness (QED) is 0.588. The van der Waals surface area contributed by atoms with Gasteiger partial charge in [0.05, 0.1) is 7.11 Å². The molecule has 0 amide bonds. The van der Waals surface area contributed by atoms with Crippen molar-refractivity contribution in [2.24, 2.45) is 23.2 Å². The number of piperidine rings is 1. The van der Waals surface area contributed by atoms with Crippen LogP contribution < -0.4 is 9.64 Å². The summed E-state index contributed by atoms with van der Waals surface area (Å²) < 4.78 is 33.8. The topological polar surface area (TPSA) is 41.5 Å². The molecule has 3 heterocycles. The molecule has 4 bridgehead atoms. The van der Waals surface area contributed by atoms with Gasteiger partial charge in [-0.05, 0) is 99.1 Å². The van der Waals surface area contributed by atoms with Crippen molar-refractivity contribution in [3.8, 4) is 5.75 Å². The molecular formula is C30H36F2N4O. The molecule has 3 saturated carbocycles. The number of hydrogen-bond acceptors (Lipinski definition) is 5. The van der Waals surface area contributed by atoms with Gasteiger partial charge < -0.3 is 9.64 Å². The number of aryl methyl sites for hydroxylation is 2. The van der Waals surface area contributed by atoms with Crippen molar-refractivity contribution < 1.29 is 13.5 Å². The van der Waals surface area contributed by atoms with Crippen LogP contribution in [0.3, 0.4) is 0 Å². The van der Waals surface area contributed by atoms with E-state index in [2.05, 4.69) is 47.9 Å². The molecule has 0 spiro atoms. The van der Waals surface area contributed by atoms with E-state index in [0.717, 1.165) is 61.9 Å². The molecule has 0 N–H and O–H groups in total. The number of hydrogen-bond donors (Lipinski definition) is 0. The van der Waals surface area contributed by atoms with E-state index in [9.17, 15) is 8.78 Å². The van der Waals surface area contributed by atoms with Gasteiger partial charge in [0.25, 0.3) is 5.92 Å². The van der Waals surface area contributed by atoms with Crippen molar-refractivity contribution in [2.45, 2.75) is 75.8 Å². The van der Waals surface area contributed by atoms with Gasteiger partial charge in [-0.3, -0.25) is 4.90 Å².